The van der Waals surface area contributed by atoms with Crippen LogP contribution in [0.2, 0.25) is 5.02 Å². The zero-order valence-corrected chi connectivity index (χ0v) is 13.8. The van der Waals surface area contributed by atoms with E-state index in [4.69, 9.17) is 11.6 Å². The second-order valence-corrected chi connectivity index (χ2v) is 5.57. The van der Waals surface area contributed by atoms with E-state index in [9.17, 15) is 4.39 Å². The first-order valence-corrected chi connectivity index (χ1v) is 7.97. The number of benzene rings is 1. The molecule has 0 bridgehead atoms. The molecular formula is C19H15ClFN3. The normalized spacial score (nSPS) is 11.1. The molecule has 0 fully saturated rings. The first kappa shape index (κ1) is 16.3. The van der Waals surface area contributed by atoms with E-state index in [1.807, 2.05) is 25.1 Å². The van der Waals surface area contributed by atoms with Crippen molar-refractivity contribution >= 4 is 17.7 Å². The maximum Gasteiger partial charge on any atom is 0.152 e. The second kappa shape index (κ2) is 7.32. The summed E-state index contributed by atoms with van der Waals surface area (Å²) in [6, 6.07) is 9.87. The molecule has 0 aliphatic heterocycles. The van der Waals surface area contributed by atoms with E-state index in [0.717, 1.165) is 12.0 Å². The lowest BCUT2D eigenvalue weighted by molar-refractivity contribution is 0.631. The number of halogens is 2. The maximum atomic E-state index is 14.3. The third-order valence-electron chi connectivity index (χ3n) is 3.44. The predicted molar refractivity (Wildman–Crippen MR) is 95.0 cm³/mol. The fraction of sp³-hybridized carbons (Fsp3) is 0.105. The van der Waals surface area contributed by atoms with E-state index in [1.165, 1.54) is 12.1 Å². The SMILES string of the molecule is CC/C=C\c1nccc(-c2cccnc2-c2cc(Cl)ccc2F)n1. The summed E-state index contributed by atoms with van der Waals surface area (Å²) in [5.41, 5.74) is 2.26. The van der Waals surface area contributed by atoms with Gasteiger partial charge in [-0.2, -0.15) is 0 Å². The molecule has 3 aromatic rings. The van der Waals surface area contributed by atoms with Gasteiger partial charge in [-0.15, -0.1) is 0 Å². The summed E-state index contributed by atoms with van der Waals surface area (Å²) < 4.78 is 14.3. The zero-order valence-electron chi connectivity index (χ0n) is 13.1. The monoisotopic (exact) mass is 339 g/mol. The highest BCUT2D eigenvalue weighted by Gasteiger charge is 2.14. The summed E-state index contributed by atoms with van der Waals surface area (Å²) in [6.45, 7) is 2.04. The molecule has 0 spiro atoms. The van der Waals surface area contributed by atoms with E-state index >= 15 is 0 Å². The van der Waals surface area contributed by atoms with Crippen molar-refractivity contribution in [2.75, 3.05) is 0 Å². The van der Waals surface area contributed by atoms with E-state index in [-0.39, 0.29) is 5.82 Å². The van der Waals surface area contributed by atoms with Gasteiger partial charge in [0.15, 0.2) is 5.82 Å². The van der Waals surface area contributed by atoms with Crippen LogP contribution in [0.25, 0.3) is 28.6 Å². The minimum absolute atomic E-state index is 0.349. The lowest BCUT2D eigenvalue weighted by Crippen LogP contribution is -1.95. The van der Waals surface area contributed by atoms with Gasteiger partial charge in [-0.05, 0) is 48.9 Å². The molecule has 0 atom stereocenters. The average Bonchev–Trinajstić information content (AvgIpc) is 2.62. The standard InChI is InChI=1S/C19H15ClFN3/c1-2-3-6-18-22-11-9-17(24-18)14-5-4-10-23-19(14)15-12-13(20)7-8-16(15)21/h3-12H,2H2,1H3/b6-3-. The molecule has 0 unspecified atom stereocenters. The largest absolute Gasteiger partial charge is 0.255 e. The van der Waals surface area contributed by atoms with Gasteiger partial charge < -0.3 is 0 Å². The molecule has 2 aromatic heterocycles. The molecule has 1 aromatic carbocycles. The van der Waals surface area contributed by atoms with Gasteiger partial charge in [-0.3, -0.25) is 4.98 Å². The van der Waals surface area contributed by atoms with Crippen LogP contribution in [0.15, 0.2) is 54.9 Å². The Morgan fingerprint density at radius 1 is 1.08 bits per heavy atom. The molecule has 3 rings (SSSR count). The summed E-state index contributed by atoms with van der Waals surface area (Å²) in [5.74, 6) is 0.232. The van der Waals surface area contributed by atoms with Crippen molar-refractivity contribution < 1.29 is 4.39 Å². The smallest absolute Gasteiger partial charge is 0.152 e. The van der Waals surface area contributed by atoms with Crippen molar-refractivity contribution in [2.24, 2.45) is 0 Å². The van der Waals surface area contributed by atoms with Crippen LogP contribution in [0.5, 0.6) is 0 Å². The van der Waals surface area contributed by atoms with Crippen LogP contribution in [0.3, 0.4) is 0 Å². The Balaban J connectivity index is 2.14. The van der Waals surface area contributed by atoms with Crippen molar-refractivity contribution in [1.82, 2.24) is 15.0 Å². The molecular weight excluding hydrogens is 325 g/mol. The third-order valence-corrected chi connectivity index (χ3v) is 3.68. The number of rotatable bonds is 4. The fourth-order valence-corrected chi connectivity index (χ4v) is 2.51. The van der Waals surface area contributed by atoms with Gasteiger partial charge >= 0.3 is 0 Å². The molecule has 2 heterocycles. The topological polar surface area (TPSA) is 38.7 Å². The van der Waals surface area contributed by atoms with Gasteiger partial charge in [-0.1, -0.05) is 24.6 Å². The molecule has 0 aliphatic rings. The van der Waals surface area contributed by atoms with E-state index in [1.54, 1.807) is 30.6 Å². The summed E-state index contributed by atoms with van der Waals surface area (Å²) in [7, 11) is 0. The molecule has 0 saturated carbocycles. The number of hydrogen-bond donors (Lipinski definition) is 0. The van der Waals surface area contributed by atoms with E-state index < -0.39 is 0 Å². The number of hydrogen-bond acceptors (Lipinski definition) is 3. The maximum absolute atomic E-state index is 14.3. The van der Waals surface area contributed by atoms with Crippen LogP contribution < -0.4 is 0 Å². The summed E-state index contributed by atoms with van der Waals surface area (Å²) in [5, 5.41) is 0.456. The lowest BCUT2D eigenvalue weighted by atomic mass is 10.0. The number of nitrogens with zero attached hydrogens (tertiary/aromatic N) is 3. The van der Waals surface area contributed by atoms with Crippen molar-refractivity contribution in [3.05, 3.63) is 71.5 Å². The average molecular weight is 340 g/mol. The van der Waals surface area contributed by atoms with Gasteiger partial charge in [0.25, 0.3) is 0 Å². The molecule has 120 valence electrons. The summed E-state index contributed by atoms with van der Waals surface area (Å²) >= 11 is 6.02. The molecule has 0 aliphatic carbocycles. The minimum atomic E-state index is -0.375. The van der Waals surface area contributed by atoms with Crippen LogP contribution in [0.4, 0.5) is 4.39 Å². The molecule has 0 radical (unpaired) electrons. The highest BCUT2D eigenvalue weighted by Crippen LogP contribution is 2.32. The Hall–Kier alpha value is -2.59. The predicted octanol–water partition coefficient (Wildman–Crippen LogP) is 5.42. The van der Waals surface area contributed by atoms with Crippen molar-refractivity contribution in [2.45, 2.75) is 13.3 Å². The van der Waals surface area contributed by atoms with Gasteiger partial charge in [0, 0.05) is 28.5 Å². The molecule has 24 heavy (non-hydrogen) atoms. The molecule has 5 heteroatoms. The summed E-state index contributed by atoms with van der Waals surface area (Å²) in [6.07, 6.45) is 8.06. The van der Waals surface area contributed by atoms with Crippen LogP contribution in [-0.4, -0.2) is 15.0 Å². The van der Waals surface area contributed by atoms with Crippen molar-refractivity contribution in [1.29, 1.82) is 0 Å². The number of allylic oxidation sites excluding steroid dienone is 1. The lowest BCUT2D eigenvalue weighted by Gasteiger charge is -2.10. The van der Waals surface area contributed by atoms with Gasteiger partial charge in [0.2, 0.25) is 0 Å². The van der Waals surface area contributed by atoms with Crippen LogP contribution >= 0.6 is 11.6 Å². The minimum Gasteiger partial charge on any atom is -0.255 e. The van der Waals surface area contributed by atoms with E-state index in [0.29, 0.717) is 27.8 Å². The molecule has 0 N–H and O–H groups in total. The number of aromatic nitrogens is 3. The fourth-order valence-electron chi connectivity index (χ4n) is 2.33. The highest BCUT2D eigenvalue weighted by molar-refractivity contribution is 6.30. The summed E-state index contributed by atoms with van der Waals surface area (Å²) in [4.78, 5) is 13.1. The Morgan fingerprint density at radius 2 is 1.96 bits per heavy atom. The third kappa shape index (κ3) is 3.49. The Kier molecular flexibility index (Phi) is 4.96. The Morgan fingerprint density at radius 3 is 2.79 bits per heavy atom. The number of pyridine rings is 1. The zero-order chi connectivity index (χ0) is 16.9. The Bertz CT molecular complexity index is 893. The quantitative estimate of drug-likeness (QED) is 0.637. The van der Waals surface area contributed by atoms with Crippen LogP contribution in [0.1, 0.15) is 19.2 Å². The first-order chi connectivity index (χ1) is 11.7. The molecule has 0 saturated heterocycles. The Labute approximate surface area is 144 Å². The first-order valence-electron chi connectivity index (χ1n) is 7.59. The highest BCUT2D eigenvalue weighted by atomic mass is 35.5. The molecule has 0 amide bonds. The van der Waals surface area contributed by atoms with Crippen LogP contribution in [0, 0.1) is 5.82 Å². The molecule has 3 nitrogen and oxygen atoms in total. The van der Waals surface area contributed by atoms with Gasteiger partial charge in [-0.25, -0.2) is 14.4 Å². The van der Waals surface area contributed by atoms with Gasteiger partial charge in [0.1, 0.15) is 5.82 Å². The van der Waals surface area contributed by atoms with Crippen molar-refractivity contribution in [3.63, 3.8) is 0 Å². The van der Waals surface area contributed by atoms with E-state index in [2.05, 4.69) is 15.0 Å². The van der Waals surface area contributed by atoms with Gasteiger partial charge in [0.05, 0.1) is 11.4 Å². The van der Waals surface area contributed by atoms with Crippen molar-refractivity contribution in [3.8, 4) is 22.5 Å². The van der Waals surface area contributed by atoms with Crippen LogP contribution in [-0.2, 0) is 0 Å². The second-order valence-electron chi connectivity index (χ2n) is 5.13.